The van der Waals surface area contributed by atoms with E-state index in [-0.39, 0.29) is 11.8 Å². The fourth-order valence-corrected chi connectivity index (χ4v) is 4.08. The number of thiazole rings is 1. The number of carbonyl (C=O) groups is 2. The number of rotatable bonds is 8. The minimum absolute atomic E-state index is 0.0476. The van der Waals surface area contributed by atoms with Gasteiger partial charge >= 0.3 is 0 Å². The molecule has 1 saturated heterocycles. The lowest BCUT2D eigenvalue weighted by Gasteiger charge is -2.32. The smallest absolute Gasteiger partial charge is 0.273 e. The second-order valence-electron chi connectivity index (χ2n) is 7.20. The van der Waals surface area contributed by atoms with Crippen LogP contribution in [0.15, 0.2) is 29.6 Å². The van der Waals surface area contributed by atoms with Crippen molar-refractivity contribution in [1.29, 1.82) is 0 Å². The Bertz CT molecular complexity index is 822. The van der Waals surface area contributed by atoms with Crippen molar-refractivity contribution in [2.75, 3.05) is 32.1 Å². The van der Waals surface area contributed by atoms with E-state index in [2.05, 4.69) is 15.6 Å². The van der Waals surface area contributed by atoms with Gasteiger partial charge in [-0.15, -0.1) is 11.3 Å². The maximum atomic E-state index is 12.9. The molecule has 0 saturated carbocycles. The third-order valence-corrected chi connectivity index (χ3v) is 5.69. The van der Waals surface area contributed by atoms with Crippen LogP contribution in [0.25, 0.3) is 0 Å². The van der Waals surface area contributed by atoms with E-state index in [0.717, 1.165) is 37.2 Å². The summed E-state index contributed by atoms with van der Waals surface area (Å²) >= 11 is 1.41. The molecule has 1 aliphatic rings. The van der Waals surface area contributed by atoms with Gasteiger partial charge in [0, 0.05) is 37.1 Å². The molecular formula is C21H28N4O3S. The first-order chi connectivity index (χ1) is 14.1. The molecule has 29 heavy (non-hydrogen) atoms. The predicted octanol–water partition coefficient (Wildman–Crippen LogP) is 3.66. The van der Waals surface area contributed by atoms with Crippen molar-refractivity contribution < 1.29 is 14.3 Å². The average molecular weight is 417 g/mol. The molecule has 0 radical (unpaired) electrons. The lowest BCUT2D eigenvalue weighted by atomic mass is 9.97. The van der Waals surface area contributed by atoms with E-state index in [1.807, 2.05) is 36.1 Å². The zero-order valence-corrected chi connectivity index (χ0v) is 17.8. The van der Waals surface area contributed by atoms with E-state index in [9.17, 15) is 9.59 Å². The maximum Gasteiger partial charge on any atom is 0.273 e. The number of aromatic nitrogens is 1. The number of nitrogens with zero attached hydrogens (tertiary/aromatic N) is 2. The van der Waals surface area contributed by atoms with Crippen molar-refractivity contribution in [3.8, 4) is 5.75 Å². The predicted molar refractivity (Wildman–Crippen MR) is 115 cm³/mol. The Hall–Kier alpha value is -2.61. The molecule has 1 atom stereocenters. The molecule has 8 heteroatoms. The van der Waals surface area contributed by atoms with Crippen molar-refractivity contribution >= 4 is 34.0 Å². The molecule has 1 unspecified atom stereocenters. The summed E-state index contributed by atoms with van der Waals surface area (Å²) in [6.45, 7) is 4.01. The van der Waals surface area contributed by atoms with Crippen LogP contribution < -0.4 is 15.4 Å². The minimum Gasteiger partial charge on any atom is -0.497 e. The summed E-state index contributed by atoms with van der Waals surface area (Å²) in [5.74, 6) is 1.12. The molecule has 1 aliphatic heterocycles. The number of carbonyl (C=O) groups excluding carboxylic acids is 2. The Morgan fingerprint density at radius 2 is 2.10 bits per heavy atom. The summed E-state index contributed by atoms with van der Waals surface area (Å²) in [6, 6.07) is 7.55. The Balaban J connectivity index is 1.55. The average Bonchev–Trinajstić information content (AvgIpc) is 3.21. The number of benzene rings is 1. The first-order valence-electron chi connectivity index (χ1n) is 10.0. The normalized spacial score (nSPS) is 16.3. The van der Waals surface area contributed by atoms with Crippen molar-refractivity contribution in [2.24, 2.45) is 5.92 Å². The van der Waals surface area contributed by atoms with Gasteiger partial charge in [0.05, 0.1) is 7.11 Å². The quantitative estimate of drug-likeness (QED) is 0.686. The Morgan fingerprint density at radius 1 is 1.31 bits per heavy atom. The molecule has 156 valence electrons. The third kappa shape index (κ3) is 5.93. The van der Waals surface area contributed by atoms with Gasteiger partial charge in [0.1, 0.15) is 11.4 Å². The standard InChI is InChI=1S/C21H28N4O3S/c1-3-5-19(26)22-12-15-6-4-11-25(13-15)20(27)18-14-29-21(24-18)23-16-7-9-17(28-2)10-8-16/h7-10,14-15H,3-6,11-13H2,1-2H3,(H,22,26)(H,23,24). The SMILES string of the molecule is CCCC(=O)NCC1CCCN(C(=O)c2csc(Nc3ccc(OC)cc3)n2)C1. The van der Waals surface area contributed by atoms with Gasteiger partial charge in [-0.25, -0.2) is 4.98 Å². The number of hydrogen-bond acceptors (Lipinski definition) is 6. The van der Waals surface area contributed by atoms with Gasteiger partial charge in [0.2, 0.25) is 5.91 Å². The van der Waals surface area contributed by atoms with Crippen LogP contribution in [0.1, 0.15) is 43.1 Å². The molecule has 0 spiro atoms. The molecule has 0 bridgehead atoms. The van der Waals surface area contributed by atoms with E-state index in [4.69, 9.17) is 4.74 Å². The van der Waals surface area contributed by atoms with Gasteiger partial charge in [-0.1, -0.05) is 6.92 Å². The van der Waals surface area contributed by atoms with E-state index in [1.165, 1.54) is 11.3 Å². The molecule has 1 aromatic heterocycles. The van der Waals surface area contributed by atoms with Gasteiger partial charge in [-0.2, -0.15) is 0 Å². The zero-order chi connectivity index (χ0) is 20.6. The zero-order valence-electron chi connectivity index (χ0n) is 16.9. The Morgan fingerprint density at radius 3 is 2.83 bits per heavy atom. The van der Waals surface area contributed by atoms with E-state index in [0.29, 0.717) is 36.3 Å². The van der Waals surface area contributed by atoms with E-state index < -0.39 is 0 Å². The summed E-state index contributed by atoms with van der Waals surface area (Å²) in [5, 5.41) is 8.68. The molecule has 7 nitrogen and oxygen atoms in total. The second kappa shape index (κ2) is 10.2. The number of ether oxygens (including phenoxy) is 1. The maximum absolute atomic E-state index is 12.9. The van der Waals surface area contributed by atoms with Crippen LogP contribution in [-0.4, -0.2) is 48.4 Å². The molecule has 3 rings (SSSR count). The summed E-state index contributed by atoms with van der Waals surface area (Å²) in [6.07, 6.45) is 3.37. The number of hydrogen-bond donors (Lipinski definition) is 2. The van der Waals surface area contributed by atoms with E-state index >= 15 is 0 Å². The number of piperidine rings is 1. The highest BCUT2D eigenvalue weighted by Crippen LogP contribution is 2.24. The lowest BCUT2D eigenvalue weighted by Crippen LogP contribution is -2.43. The van der Waals surface area contributed by atoms with Gasteiger partial charge in [-0.3, -0.25) is 9.59 Å². The second-order valence-corrected chi connectivity index (χ2v) is 8.06. The summed E-state index contributed by atoms with van der Waals surface area (Å²) in [5.41, 5.74) is 1.35. The van der Waals surface area contributed by atoms with Crippen molar-refractivity contribution in [3.05, 3.63) is 35.3 Å². The van der Waals surface area contributed by atoms with E-state index in [1.54, 1.807) is 12.5 Å². The molecule has 1 aromatic carbocycles. The van der Waals surface area contributed by atoms with Crippen LogP contribution in [0.3, 0.4) is 0 Å². The fraction of sp³-hybridized carbons (Fsp3) is 0.476. The molecule has 1 fully saturated rings. The number of methoxy groups -OCH3 is 1. The van der Waals surface area contributed by atoms with Crippen LogP contribution in [0.5, 0.6) is 5.75 Å². The Kier molecular flexibility index (Phi) is 7.46. The molecule has 2 amide bonds. The van der Waals surface area contributed by atoms with Gasteiger partial charge < -0.3 is 20.3 Å². The van der Waals surface area contributed by atoms with Crippen LogP contribution in [0, 0.1) is 5.92 Å². The Labute approximate surface area is 175 Å². The summed E-state index contributed by atoms with van der Waals surface area (Å²) in [4.78, 5) is 30.9. The highest BCUT2D eigenvalue weighted by atomic mass is 32.1. The van der Waals surface area contributed by atoms with Crippen molar-refractivity contribution in [3.63, 3.8) is 0 Å². The van der Waals surface area contributed by atoms with Crippen LogP contribution >= 0.6 is 11.3 Å². The summed E-state index contributed by atoms with van der Waals surface area (Å²) in [7, 11) is 1.63. The van der Waals surface area contributed by atoms with Crippen LogP contribution in [0.4, 0.5) is 10.8 Å². The van der Waals surface area contributed by atoms with Crippen LogP contribution in [-0.2, 0) is 4.79 Å². The molecule has 2 aromatic rings. The van der Waals surface area contributed by atoms with Gasteiger partial charge in [-0.05, 0) is 49.4 Å². The fourth-order valence-electron chi connectivity index (χ4n) is 3.38. The highest BCUT2D eigenvalue weighted by Gasteiger charge is 2.26. The monoisotopic (exact) mass is 416 g/mol. The molecular weight excluding hydrogens is 388 g/mol. The van der Waals surface area contributed by atoms with Gasteiger partial charge in [0.15, 0.2) is 5.13 Å². The highest BCUT2D eigenvalue weighted by molar-refractivity contribution is 7.14. The van der Waals surface area contributed by atoms with Crippen molar-refractivity contribution in [2.45, 2.75) is 32.6 Å². The topological polar surface area (TPSA) is 83.6 Å². The molecule has 0 aliphatic carbocycles. The lowest BCUT2D eigenvalue weighted by molar-refractivity contribution is -0.121. The number of amides is 2. The molecule has 2 heterocycles. The minimum atomic E-state index is -0.0476. The van der Waals surface area contributed by atoms with Crippen molar-refractivity contribution in [1.82, 2.24) is 15.2 Å². The number of likely N-dealkylation sites (tertiary alicyclic amines) is 1. The van der Waals surface area contributed by atoms with Gasteiger partial charge in [0.25, 0.3) is 5.91 Å². The van der Waals surface area contributed by atoms with Crippen LogP contribution in [0.2, 0.25) is 0 Å². The number of nitrogens with one attached hydrogen (secondary N) is 2. The number of anilines is 2. The first kappa shape index (κ1) is 21.1. The first-order valence-corrected chi connectivity index (χ1v) is 10.9. The molecule has 2 N–H and O–H groups in total. The largest absolute Gasteiger partial charge is 0.497 e. The third-order valence-electron chi connectivity index (χ3n) is 4.94. The summed E-state index contributed by atoms with van der Waals surface area (Å²) < 4.78 is 5.16.